The van der Waals surface area contributed by atoms with Gasteiger partial charge in [-0.25, -0.2) is 4.52 Å². The van der Waals surface area contributed by atoms with E-state index in [1.54, 1.807) is 42.2 Å². The van der Waals surface area contributed by atoms with Crippen LogP contribution in [0.15, 0.2) is 70.3 Å². The number of hydrogen-bond donors (Lipinski definition) is 1. The van der Waals surface area contributed by atoms with Gasteiger partial charge in [-0.2, -0.15) is 5.10 Å². The van der Waals surface area contributed by atoms with Crippen molar-refractivity contribution in [2.24, 2.45) is 0 Å². The molecule has 3 heterocycles. The van der Waals surface area contributed by atoms with Gasteiger partial charge in [-0.15, -0.1) is 0 Å². The number of aromatic nitrogens is 3. The predicted molar refractivity (Wildman–Crippen MR) is 102 cm³/mol. The second kappa shape index (κ2) is 7.43. The monoisotopic (exact) mass is 378 g/mol. The number of carbonyl (C=O) groups is 1. The summed E-state index contributed by atoms with van der Waals surface area (Å²) in [4.78, 5) is 24.6. The van der Waals surface area contributed by atoms with Crippen LogP contribution < -0.4 is 15.6 Å². The zero-order valence-corrected chi connectivity index (χ0v) is 15.2. The molecule has 0 aliphatic heterocycles. The number of carbonyl (C=O) groups excluding carboxylic acids is 1. The molecule has 1 N–H and O–H groups in total. The summed E-state index contributed by atoms with van der Waals surface area (Å²) in [5, 5.41) is 7.19. The number of ether oxygens (including phenoxy) is 1. The van der Waals surface area contributed by atoms with Crippen molar-refractivity contribution in [2.75, 3.05) is 13.7 Å². The molecule has 0 aliphatic rings. The Hall–Kier alpha value is -3.81. The van der Waals surface area contributed by atoms with Crippen LogP contribution in [-0.2, 0) is 6.54 Å². The van der Waals surface area contributed by atoms with Gasteiger partial charge in [-0.3, -0.25) is 9.59 Å². The van der Waals surface area contributed by atoms with Gasteiger partial charge >= 0.3 is 0 Å². The second-order valence-corrected chi connectivity index (χ2v) is 6.12. The number of fused-ring (bicyclic) bond motifs is 1. The Morgan fingerprint density at radius 3 is 2.75 bits per heavy atom. The Morgan fingerprint density at radius 1 is 1.21 bits per heavy atom. The van der Waals surface area contributed by atoms with Gasteiger partial charge in [0.25, 0.3) is 11.5 Å². The van der Waals surface area contributed by atoms with E-state index in [0.717, 1.165) is 11.3 Å². The average Bonchev–Trinajstić information content (AvgIpc) is 3.40. The largest absolute Gasteiger partial charge is 0.497 e. The Labute approximate surface area is 160 Å². The Balaban J connectivity index is 1.51. The molecule has 0 atom stereocenters. The van der Waals surface area contributed by atoms with Gasteiger partial charge in [-0.1, -0.05) is 0 Å². The fourth-order valence-corrected chi connectivity index (χ4v) is 2.89. The smallest absolute Gasteiger partial charge is 0.287 e. The molecule has 3 aromatic heterocycles. The van der Waals surface area contributed by atoms with Gasteiger partial charge in [0.15, 0.2) is 5.76 Å². The first-order valence-electron chi connectivity index (χ1n) is 8.70. The molecular weight excluding hydrogens is 360 g/mol. The molecule has 0 saturated carbocycles. The van der Waals surface area contributed by atoms with Crippen LogP contribution in [0.25, 0.3) is 16.8 Å². The fraction of sp³-hybridized carbons (Fsp3) is 0.150. The number of methoxy groups -OCH3 is 1. The lowest BCUT2D eigenvalue weighted by atomic mass is 10.1. The van der Waals surface area contributed by atoms with Crippen LogP contribution >= 0.6 is 0 Å². The van der Waals surface area contributed by atoms with E-state index in [9.17, 15) is 9.59 Å². The number of nitrogens with one attached hydrogen (secondary N) is 1. The van der Waals surface area contributed by atoms with Crippen LogP contribution in [0.2, 0.25) is 0 Å². The number of nitrogens with zero attached hydrogens (tertiary/aromatic N) is 3. The highest BCUT2D eigenvalue weighted by Crippen LogP contribution is 2.21. The normalized spacial score (nSPS) is 10.9. The van der Waals surface area contributed by atoms with Crippen LogP contribution in [0, 0.1) is 0 Å². The Bertz CT molecular complexity index is 1160. The van der Waals surface area contributed by atoms with Crippen LogP contribution in [0.4, 0.5) is 0 Å². The molecule has 0 aliphatic carbocycles. The summed E-state index contributed by atoms with van der Waals surface area (Å²) < 4.78 is 13.3. The first kappa shape index (κ1) is 17.6. The van der Waals surface area contributed by atoms with Crippen molar-refractivity contribution in [3.63, 3.8) is 0 Å². The standard InChI is InChI=1S/C20H18N4O4/c1-27-15-6-4-14(5-7-15)16-13-17-20(26)23(10-11-24(17)22-16)9-8-21-19(25)18-3-2-12-28-18/h2-7,10-13H,8-9H2,1H3,(H,21,25). The van der Waals surface area contributed by atoms with Crippen molar-refractivity contribution in [1.29, 1.82) is 0 Å². The van der Waals surface area contributed by atoms with E-state index < -0.39 is 0 Å². The zero-order chi connectivity index (χ0) is 19.5. The third kappa shape index (κ3) is 3.39. The molecule has 8 nitrogen and oxygen atoms in total. The fourth-order valence-electron chi connectivity index (χ4n) is 2.89. The molecule has 0 radical (unpaired) electrons. The van der Waals surface area contributed by atoms with Crippen molar-refractivity contribution in [3.05, 3.63) is 77.2 Å². The lowest BCUT2D eigenvalue weighted by Crippen LogP contribution is -2.30. The molecule has 0 spiro atoms. The molecule has 1 aromatic carbocycles. The van der Waals surface area contributed by atoms with Crippen LogP contribution in [0.5, 0.6) is 5.75 Å². The van der Waals surface area contributed by atoms with E-state index in [1.165, 1.54) is 10.8 Å². The second-order valence-electron chi connectivity index (χ2n) is 6.12. The predicted octanol–water partition coefficient (Wildman–Crippen LogP) is 2.19. The van der Waals surface area contributed by atoms with Gasteiger partial charge in [-0.05, 0) is 42.5 Å². The van der Waals surface area contributed by atoms with Crippen LogP contribution in [0.1, 0.15) is 10.6 Å². The molecule has 4 rings (SSSR count). The molecule has 28 heavy (non-hydrogen) atoms. The SMILES string of the molecule is COc1ccc(-c2cc3c(=O)n(CCNC(=O)c4ccco4)ccn3n2)cc1. The van der Waals surface area contributed by atoms with Crippen molar-refractivity contribution in [3.8, 4) is 17.0 Å². The first-order chi connectivity index (χ1) is 13.7. The van der Waals surface area contributed by atoms with Crippen molar-refractivity contribution in [2.45, 2.75) is 6.54 Å². The minimum Gasteiger partial charge on any atom is -0.497 e. The lowest BCUT2D eigenvalue weighted by molar-refractivity contribution is 0.0924. The van der Waals surface area contributed by atoms with Crippen LogP contribution in [0.3, 0.4) is 0 Å². The maximum atomic E-state index is 12.7. The quantitative estimate of drug-likeness (QED) is 0.555. The van der Waals surface area contributed by atoms with Crippen molar-refractivity contribution < 1.29 is 13.9 Å². The van der Waals surface area contributed by atoms with Crippen molar-refractivity contribution in [1.82, 2.24) is 19.5 Å². The van der Waals surface area contributed by atoms with E-state index in [2.05, 4.69) is 10.4 Å². The Morgan fingerprint density at radius 2 is 2.04 bits per heavy atom. The summed E-state index contributed by atoms with van der Waals surface area (Å²) in [5.74, 6) is 0.680. The molecule has 0 fully saturated rings. The van der Waals surface area contributed by atoms with E-state index in [4.69, 9.17) is 9.15 Å². The van der Waals surface area contributed by atoms with Gasteiger partial charge in [0.1, 0.15) is 11.3 Å². The third-order valence-electron chi connectivity index (χ3n) is 4.37. The highest BCUT2D eigenvalue weighted by molar-refractivity contribution is 5.91. The number of benzene rings is 1. The zero-order valence-electron chi connectivity index (χ0n) is 15.2. The molecule has 1 amide bonds. The van der Waals surface area contributed by atoms with Gasteiger partial charge < -0.3 is 19.0 Å². The maximum absolute atomic E-state index is 12.7. The van der Waals surface area contributed by atoms with E-state index in [1.807, 2.05) is 24.3 Å². The minimum absolute atomic E-state index is 0.179. The molecule has 4 aromatic rings. The van der Waals surface area contributed by atoms with E-state index in [0.29, 0.717) is 24.3 Å². The van der Waals surface area contributed by atoms with Gasteiger partial charge in [0.2, 0.25) is 0 Å². The maximum Gasteiger partial charge on any atom is 0.287 e. The van der Waals surface area contributed by atoms with Crippen LogP contribution in [-0.4, -0.2) is 33.7 Å². The average molecular weight is 378 g/mol. The highest BCUT2D eigenvalue weighted by atomic mass is 16.5. The molecule has 8 heteroatoms. The van der Waals surface area contributed by atoms with Crippen molar-refractivity contribution >= 4 is 11.4 Å². The summed E-state index contributed by atoms with van der Waals surface area (Å²) in [6.07, 6.45) is 4.81. The summed E-state index contributed by atoms with van der Waals surface area (Å²) >= 11 is 0. The summed E-state index contributed by atoms with van der Waals surface area (Å²) in [7, 11) is 1.61. The minimum atomic E-state index is -0.315. The molecular formula is C20H18N4O4. The molecule has 0 unspecified atom stereocenters. The molecule has 0 bridgehead atoms. The molecule has 142 valence electrons. The highest BCUT2D eigenvalue weighted by Gasteiger charge is 2.11. The summed E-state index contributed by atoms with van der Waals surface area (Å²) in [5.41, 5.74) is 1.87. The van der Waals surface area contributed by atoms with E-state index >= 15 is 0 Å². The molecule has 0 saturated heterocycles. The summed E-state index contributed by atoms with van der Waals surface area (Å²) in [6.45, 7) is 0.639. The van der Waals surface area contributed by atoms with E-state index in [-0.39, 0.29) is 17.2 Å². The lowest BCUT2D eigenvalue weighted by Gasteiger charge is -2.06. The Kier molecular flexibility index (Phi) is 4.67. The summed E-state index contributed by atoms with van der Waals surface area (Å²) in [6, 6.07) is 12.5. The van der Waals surface area contributed by atoms with Gasteiger partial charge in [0, 0.05) is 31.0 Å². The number of hydrogen-bond acceptors (Lipinski definition) is 5. The number of rotatable bonds is 6. The number of amides is 1. The third-order valence-corrected chi connectivity index (χ3v) is 4.37. The topological polar surface area (TPSA) is 90.8 Å². The van der Waals surface area contributed by atoms with Gasteiger partial charge in [0.05, 0.1) is 19.1 Å². The first-order valence-corrected chi connectivity index (χ1v) is 8.70. The number of furan rings is 1.